The van der Waals surface area contributed by atoms with Crippen molar-refractivity contribution in [2.24, 2.45) is 0 Å². The van der Waals surface area contributed by atoms with Crippen LogP contribution in [0, 0.1) is 6.92 Å². The first-order valence-corrected chi connectivity index (χ1v) is 11.3. The Hall–Kier alpha value is -4.92. The van der Waals surface area contributed by atoms with Gasteiger partial charge < -0.3 is 24.5 Å². The van der Waals surface area contributed by atoms with Gasteiger partial charge in [-0.25, -0.2) is 9.78 Å². The molecule has 180 valence electrons. The lowest BCUT2D eigenvalue weighted by Crippen LogP contribution is -2.19. The summed E-state index contributed by atoms with van der Waals surface area (Å²) in [4.78, 5) is 21.2. The van der Waals surface area contributed by atoms with Crippen LogP contribution in [-0.2, 0) is 6.54 Å². The maximum atomic E-state index is 12.3. The maximum absolute atomic E-state index is 12.3. The topological polar surface area (TPSA) is 107 Å². The Morgan fingerprint density at radius 2 is 1.81 bits per heavy atom. The van der Waals surface area contributed by atoms with Crippen LogP contribution in [0.4, 0.5) is 16.2 Å². The Labute approximate surface area is 207 Å². The van der Waals surface area contributed by atoms with E-state index in [1.807, 2.05) is 78.4 Å². The molecule has 0 bridgehead atoms. The van der Waals surface area contributed by atoms with Crippen LogP contribution in [0.3, 0.4) is 0 Å². The van der Waals surface area contributed by atoms with Gasteiger partial charge in [0, 0.05) is 35.7 Å². The van der Waals surface area contributed by atoms with E-state index in [0.717, 1.165) is 16.7 Å². The normalized spacial score (nSPS) is 10.7. The zero-order valence-electron chi connectivity index (χ0n) is 19.8. The van der Waals surface area contributed by atoms with Gasteiger partial charge in [-0.1, -0.05) is 47.1 Å². The van der Waals surface area contributed by atoms with E-state index >= 15 is 0 Å². The van der Waals surface area contributed by atoms with Gasteiger partial charge in [-0.3, -0.25) is 0 Å². The summed E-state index contributed by atoms with van der Waals surface area (Å²) in [6.07, 6.45) is 3.58. The van der Waals surface area contributed by atoms with Crippen LogP contribution < -0.4 is 15.4 Å². The minimum Gasteiger partial charge on any atom is -0.497 e. The van der Waals surface area contributed by atoms with Crippen molar-refractivity contribution in [2.75, 3.05) is 17.7 Å². The second kappa shape index (κ2) is 10.1. The summed E-state index contributed by atoms with van der Waals surface area (Å²) in [5.41, 5.74) is 5.00. The number of aryl methyl sites for hydroxylation is 1. The van der Waals surface area contributed by atoms with Crippen molar-refractivity contribution in [3.63, 3.8) is 0 Å². The van der Waals surface area contributed by atoms with E-state index in [-0.39, 0.29) is 6.03 Å². The summed E-state index contributed by atoms with van der Waals surface area (Å²) in [7, 11) is 1.58. The number of amides is 2. The standard InChI is InChI=1S/C27H24N6O3/c1-18-5-3-6-20(13-18)25-31-26(36-32-25)24-16-33(17-28-24)15-19-9-11-21(12-10-19)29-27(34)30-22-7-4-8-23(14-22)35-2/h3-14,16-17H,15H2,1-2H3,(H2,29,30,34). The molecule has 3 aromatic carbocycles. The quantitative estimate of drug-likeness (QED) is 0.314. The summed E-state index contributed by atoms with van der Waals surface area (Å²) < 4.78 is 12.5. The van der Waals surface area contributed by atoms with Crippen LogP contribution >= 0.6 is 0 Å². The van der Waals surface area contributed by atoms with Gasteiger partial charge in [-0.15, -0.1) is 0 Å². The highest BCUT2D eigenvalue weighted by Crippen LogP contribution is 2.22. The number of nitrogens with one attached hydrogen (secondary N) is 2. The number of urea groups is 1. The average molecular weight is 481 g/mol. The summed E-state index contributed by atoms with van der Waals surface area (Å²) in [5, 5.41) is 9.70. The van der Waals surface area contributed by atoms with Gasteiger partial charge >= 0.3 is 6.03 Å². The number of hydrogen-bond donors (Lipinski definition) is 2. The Bertz CT molecular complexity index is 1490. The fraction of sp³-hybridized carbons (Fsp3) is 0.111. The lowest BCUT2D eigenvalue weighted by Gasteiger charge is -2.09. The Balaban J connectivity index is 1.19. The summed E-state index contributed by atoms with van der Waals surface area (Å²) in [6, 6.07) is 22.4. The molecule has 0 radical (unpaired) electrons. The largest absolute Gasteiger partial charge is 0.497 e. The van der Waals surface area contributed by atoms with E-state index in [9.17, 15) is 4.79 Å². The van der Waals surface area contributed by atoms with Crippen LogP contribution in [0.25, 0.3) is 23.0 Å². The molecule has 5 rings (SSSR count). The summed E-state index contributed by atoms with van der Waals surface area (Å²) in [5.74, 6) is 1.57. The number of nitrogens with zero attached hydrogens (tertiary/aromatic N) is 4. The van der Waals surface area contributed by atoms with Crippen molar-refractivity contribution in [3.05, 3.63) is 96.4 Å². The van der Waals surface area contributed by atoms with E-state index in [1.54, 1.807) is 25.6 Å². The highest BCUT2D eigenvalue weighted by Gasteiger charge is 2.13. The molecule has 0 saturated heterocycles. The van der Waals surface area contributed by atoms with Crippen LogP contribution in [0.5, 0.6) is 5.75 Å². The molecule has 0 unspecified atom stereocenters. The Morgan fingerprint density at radius 3 is 2.61 bits per heavy atom. The molecule has 2 N–H and O–H groups in total. The SMILES string of the molecule is COc1cccc(NC(=O)Nc2ccc(Cn3cnc(-c4nc(-c5cccc(C)c5)no4)c3)cc2)c1. The number of rotatable bonds is 7. The van der Waals surface area contributed by atoms with Crippen LogP contribution in [0.15, 0.2) is 89.8 Å². The molecule has 0 spiro atoms. The van der Waals surface area contributed by atoms with E-state index < -0.39 is 0 Å². The first kappa shape index (κ1) is 22.9. The molecule has 0 aliphatic heterocycles. The molecule has 0 fully saturated rings. The molecule has 9 nitrogen and oxygen atoms in total. The highest BCUT2D eigenvalue weighted by atomic mass is 16.5. The van der Waals surface area contributed by atoms with Crippen molar-refractivity contribution in [1.82, 2.24) is 19.7 Å². The number of carbonyl (C=O) groups is 1. The third-order valence-corrected chi connectivity index (χ3v) is 5.46. The molecule has 2 amide bonds. The van der Waals surface area contributed by atoms with Gasteiger partial charge in [0.05, 0.1) is 13.4 Å². The number of methoxy groups -OCH3 is 1. The maximum Gasteiger partial charge on any atom is 0.323 e. The van der Waals surface area contributed by atoms with Crippen molar-refractivity contribution >= 4 is 17.4 Å². The van der Waals surface area contributed by atoms with E-state index in [2.05, 4.69) is 25.8 Å². The lowest BCUT2D eigenvalue weighted by atomic mass is 10.1. The fourth-order valence-electron chi connectivity index (χ4n) is 3.68. The summed E-state index contributed by atoms with van der Waals surface area (Å²) >= 11 is 0. The van der Waals surface area contributed by atoms with E-state index in [4.69, 9.17) is 9.26 Å². The van der Waals surface area contributed by atoms with Crippen molar-refractivity contribution in [3.8, 4) is 28.7 Å². The van der Waals surface area contributed by atoms with Gasteiger partial charge in [0.2, 0.25) is 5.82 Å². The second-order valence-corrected chi connectivity index (χ2v) is 8.23. The number of carbonyl (C=O) groups excluding carboxylic acids is 1. The van der Waals surface area contributed by atoms with Crippen LogP contribution in [0.1, 0.15) is 11.1 Å². The Kier molecular flexibility index (Phi) is 6.44. The second-order valence-electron chi connectivity index (χ2n) is 8.23. The average Bonchev–Trinajstić information content (AvgIpc) is 3.55. The number of aromatic nitrogens is 4. The first-order valence-electron chi connectivity index (χ1n) is 11.3. The minimum absolute atomic E-state index is 0.333. The van der Waals surface area contributed by atoms with Crippen LogP contribution in [-0.4, -0.2) is 32.8 Å². The van der Waals surface area contributed by atoms with Crippen LogP contribution in [0.2, 0.25) is 0 Å². The number of benzene rings is 3. The van der Waals surface area contributed by atoms with Crippen molar-refractivity contribution in [1.29, 1.82) is 0 Å². The number of hydrogen-bond acceptors (Lipinski definition) is 6. The van der Waals surface area contributed by atoms with Crippen molar-refractivity contribution < 1.29 is 14.1 Å². The molecule has 0 aliphatic carbocycles. The lowest BCUT2D eigenvalue weighted by molar-refractivity contribution is 0.262. The molecule has 0 saturated carbocycles. The highest BCUT2D eigenvalue weighted by molar-refractivity contribution is 5.99. The molecule has 0 aliphatic rings. The van der Waals surface area contributed by atoms with E-state index in [0.29, 0.717) is 41.1 Å². The van der Waals surface area contributed by atoms with Gasteiger partial charge in [-0.05, 0) is 42.8 Å². The number of imidazole rings is 1. The van der Waals surface area contributed by atoms with Crippen molar-refractivity contribution in [2.45, 2.75) is 13.5 Å². The minimum atomic E-state index is -0.333. The predicted molar refractivity (Wildman–Crippen MR) is 137 cm³/mol. The molecular formula is C27H24N6O3. The van der Waals surface area contributed by atoms with Gasteiger partial charge in [0.15, 0.2) is 0 Å². The van der Waals surface area contributed by atoms with Gasteiger partial charge in [0.25, 0.3) is 5.89 Å². The predicted octanol–water partition coefficient (Wildman–Crippen LogP) is 5.61. The zero-order chi connectivity index (χ0) is 24.9. The Morgan fingerprint density at radius 1 is 1.00 bits per heavy atom. The van der Waals surface area contributed by atoms with Gasteiger partial charge in [0.1, 0.15) is 11.4 Å². The molecule has 9 heteroatoms. The monoisotopic (exact) mass is 480 g/mol. The third-order valence-electron chi connectivity index (χ3n) is 5.46. The first-order chi connectivity index (χ1) is 17.6. The molecule has 36 heavy (non-hydrogen) atoms. The smallest absolute Gasteiger partial charge is 0.323 e. The van der Waals surface area contributed by atoms with Gasteiger partial charge in [-0.2, -0.15) is 4.98 Å². The van der Waals surface area contributed by atoms with E-state index in [1.165, 1.54) is 0 Å². The summed E-state index contributed by atoms with van der Waals surface area (Å²) in [6.45, 7) is 2.62. The molecule has 2 aromatic heterocycles. The molecule has 0 atom stereocenters. The molecule has 5 aromatic rings. The number of anilines is 2. The molecular weight excluding hydrogens is 456 g/mol. The zero-order valence-corrected chi connectivity index (χ0v) is 19.8. The number of ether oxygens (including phenoxy) is 1. The third kappa shape index (κ3) is 5.41. The fourth-order valence-corrected chi connectivity index (χ4v) is 3.68. The molecule has 2 heterocycles.